The summed E-state index contributed by atoms with van der Waals surface area (Å²) in [5, 5.41) is 6.81. The molecule has 1 aromatic heterocycles. The average Bonchev–Trinajstić information content (AvgIpc) is 2.29. The van der Waals surface area contributed by atoms with Gasteiger partial charge in [0, 0.05) is 7.05 Å². The smallest absolute Gasteiger partial charge is 0.413 e. The molecule has 0 fully saturated rings. The number of amides is 1. The SMILES string of the molecule is Cc1nn(C)c(NC(=O)OC(C)(C)C)c1Br. The van der Waals surface area contributed by atoms with Crippen LogP contribution >= 0.6 is 15.9 Å². The van der Waals surface area contributed by atoms with Crippen molar-refractivity contribution in [3.05, 3.63) is 10.2 Å². The van der Waals surface area contributed by atoms with E-state index in [1.165, 1.54) is 0 Å². The molecule has 0 spiro atoms. The molecule has 0 aliphatic heterocycles. The molecule has 5 nitrogen and oxygen atoms in total. The summed E-state index contributed by atoms with van der Waals surface area (Å²) in [6, 6.07) is 0. The lowest BCUT2D eigenvalue weighted by Crippen LogP contribution is -2.28. The summed E-state index contributed by atoms with van der Waals surface area (Å²) in [6.07, 6.45) is -0.490. The molecule has 0 saturated carbocycles. The lowest BCUT2D eigenvalue weighted by molar-refractivity contribution is 0.0634. The maximum Gasteiger partial charge on any atom is 0.413 e. The van der Waals surface area contributed by atoms with Gasteiger partial charge in [-0.2, -0.15) is 5.10 Å². The minimum Gasteiger partial charge on any atom is -0.444 e. The average molecular weight is 290 g/mol. The minimum absolute atomic E-state index is 0.490. The van der Waals surface area contributed by atoms with E-state index in [0.717, 1.165) is 10.2 Å². The summed E-state index contributed by atoms with van der Waals surface area (Å²) >= 11 is 3.36. The van der Waals surface area contributed by atoms with E-state index in [1.54, 1.807) is 11.7 Å². The number of aromatic nitrogens is 2. The van der Waals surface area contributed by atoms with Gasteiger partial charge >= 0.3 is 6.09 Å². The number of nitrogens with zero attached hydrogens (tertiary/aromatic N) is 2. The number of aryl methyl sites for hydroxylation is 2. The van der Waals surface area contributed by atoms with E-state index >= 15 is 0 Å². The minimum atomic E-state index is -0.510. The Bertz CT molecular complexity index is 407. The summed E-state index contributed by atoms with van der Waals surface area (Å²) in [5.74, 6) is 0.590. The van der Waals surface area contributed by atoms with Crippen LogP contribution in [0, 0.1) is 6.92 Å². The van der Waals surface area contributed by atoms with Crippen molar-refractivity contribution in [2.24, 2.45) is 7.05 Å². The second-order valence-electron chi connectivity index (χ2n) is 4.50. The first kappa shape index (κ1) is 13.0. The predicted octanol–water partition coefficient (Wildman–Crippen LogP) is 2.84. The van der Waals surface area contributed by atoms with Crippen molar-refractivity contribution >= 4 is 27.8 Å². The number of anilines is 1. The largest absolute Gasteiger partial charge is 0.444 e. The molecule has 0 atom stereocenters. The second kappa shape index (κ2) is 4.45. The normalized spacial score (nSPS) is 11.4. The van der Waals surface area contributed by atoms with E-state index < -0.39 is 11.7 Å². The Morgan fingerprint density at radius 3 is 2.44 bits per heavy atom. The van der Waals surface area contributed by atoms with E-state index in [0.29, 0.717) is 5.82 Å². The van der Waals surface area contributed by atoms with Gasteiger partial charge in [-0.15, -0.1) is 0 Å². The third-order valence-electron chi connectivity index (χ3n) is 1.77. The fraction of sp³-hybridized carbons (Fsp3) is 0.600. The zero-order valence-electron chi connectivity index (χ0n) is 10.1. The van der Waals surface area contributed by atoms with Crippen LogP contribution in [0.4, 0.5) is 10.6 Å². The maximum atomic E-state index is 11.5. The summed E-state index contributed by atoms with van der Waals surface area (Å²) in [6.45, 7) is 7.30. The van der Waals surface area contributed by atoms with E-state index in [4.69, 9.17) is 4.74 Å². The van der Waals surface area contributed by atoms with E-state index in [1.807, 2.05) is 27.7 Å². The van der Waals surface area contributed by atoms with Gasteiger partial charge in [0.1, 0.15) is 11.4 Å². The molecule has 1 N–H and O–H groups in total. The predicted molar refractivity (Wildman–Crippen MR) is 65.5 cm³/mol. The van der Waals surface area contributed by atoms with Crippen LogP contribution in [-0.2, 0) is 11.8 Å². The molecule has 90 valence electrons. The Morgan fingerprint density at radius 1 is 1.50 bits per heavy atom. The molecule has 0 unspecified atom stereocenters. The van der Waals surface area contributed by atoms with Gasteiger partial charge in [-0.1, -0.05) is 0 Å². The Labute approximate surface area is 103 Å². The van der Waals surface area contributed by atoms with Crippen LogP contribution < -0.4 is 5.32 Å². The molecule has 0 radical (unpaired) electrons. The molecule has 0 saturated heterocycles. The van der Waals surface area contributed by atoms with E-state index in [-0.39, 0.29) is 0 Å². The van der Waals surface area contributed by atoms with Crippen LogP contribution in [0.25, 0.3) is 0 Å². The molecule has 1 rings (SSSR count). The molecule has 1 heterocycles. The molecule has 0 aliphatic carbocycles. The fourth-order valence-corrected chi connectivity index (χ4v) is 1.60. The number of carbonyl (C=O) groups is 1. The monoisotopic (exact) mass is 289 g/mol. The molecular formula is C10H16BrN3O2. The Balaban J connectivity index is 2.78. The third kappa shape index (κ3) is 3.23. The lowest BCUT2D eigenvalue weighted by Gasteiger charge is -2.19. The summed E-state index contributed by atoms with van der Waals surface area (Å²) in [7, 11) is 1.75. The highest BCUT2D eigenvalue weighted by Crippen LogP contribution is 2.25. The molecule has 0 bridgehead atoms. The number of ether oxygens (including phenoxy) is 1. The van der Waals surface area contributed by atoms with Crippen molar-refractivity contribution in [2.45, 2.75) is 33.3 Å². The molecule has 6 heteroatoms. The Kier molecular flexibility index (Phi) is 3.62. The van der Waals surface area contributed by atoms with Gasteiger partial charge < -0.3 is 4.74 Å². The number of rotatable bonds is 1. The molecule has 0 aliphatic rings. The molecular weight excluding hydrogens is 274 g/mol. The number of nitrogens with one attached hydrogen (secondary N) is 1. The lowest BCUT2D eigenvalue weighted by atomic mass is 10.2. The summed E-state index contributed by atoms with van der Waals surface area (Å²) in [4.78, 5) is 11.5. The topological polar surface area (TPSA) is 56.2 Å². The van der Waals surface area contributed by atoms with Gasteiger partial charge in [0.05, 0.1) is 10.2 Å². The van der Waals surface area contributed by atoms with Crippen LogP contribution in [0.3, 0.4) is 0 Å². The van der Waals surface area contributed by atoms with Crippen molar-refractivity contribution in [3.8, 4) is 0 Å². The molecule has 1 aromatic rings. The van der Waals surface area contributed by atoms with Gasteiger partial charge in [0.15, 0.2) is 0 Å². The Hall–Kier alpha value is -1.04. The Morgan fingerprint density at radius 2 is 2.06 bits per heavy atom. The first-order chi connectivity index (χ1) is 7.20. The standard InChI is InChI=1S/C10H16BrN3O2/c1-6-7(11)8(14(5)13-6)12-9(15)16-10(2,3)4/h1-5H3,(H,12,15). The van der Waals surface area contributed by atoms with Crippen LogP contribution in [0.2, 0.25) is 0 Å². The van der Waals surface area contributed by atoms with Crippen molar-refractivity contribution in [2.75, 3.05) is 5.32 Å². The van der Waals surface area contributed by atoms with Gasteiger partial charge in [0.2, 0.25) is 0 Å². The number of hydrogen-bond donors (Lipinski definition) is 1. The van der Waals surface area contributed by atoms with Crippen molar-refractivity contribution in [1.29, 1.82) is 0 Å². The first-order valence-electron chi connectivity index (χ1n) is 4.90. The van der Waals surface area contributed by atoms with Crippen molar-refractivity contribution in [1.82, 2.24) is 9.78 Å². The maximum absolute atomic E-state index is 11.5. The van der Waals surface area contributed by atoms with Crippen LogP contribution in [0.1, 0.15) is 26.5 Å². The van der Waals surface area contributed by atoms with E-state index in [9.17, 15) is 4.79 Å². The number of hydrogen-bond acceptors (Lipinski definition) is 3. The van der Waals surface area contributed by atoms with E-state index in [2.05, 4.69) is 26.3 Å². The highest BCUT2D eigenvalue weighted by Gasteiger charge is 2.19. The highest BCUT2D eigenvalue weighted by molar-refractivity contribution is 9.10. The first-order valence-corrected chi connectivity index (χ1v) is 5.69. The van der Waals surface area contributed by atoms with Crippen LogP contribution in [0.5, 0.6) is 0 Å². The van der Waals surface area contributed by atoms with Crippen LogP contribution in [-0.4, -0.2) is 21.5 Å². The summed E-state index contributed by atoms with van der Waals surface area (Å²) in [5.41, 5.74) is 0.304. The molecule has 16 heavy (non-hydrogen) atoms. The van der Waals surface area contributed by atoms with Crippen LogP contribution in [0.15, 0.2) is 4.47 Å². The zero-order chi connectivity index (χ0) is 12.5. The summed E-state index contributed by atoms with van der Waals surface area (Å²) < 4.78 is 7.50. The quantitative estimate of drug-likeness (QED) is 0.865. The molecule has 1 amide bonds. The third-order valence-corrected chi connectivity index (χ3v) is 2.72. The zero-order valence-corrected chi connectivity index (χ0v) is 11.7. The van der Waals surface area contributed by atoms with Crippen molar-refractivity contribution < 1.29 is 9.53 Å². The van der Waals surface area contributed by atoms with Gasteiger partial charge in [-0.05, 0) is 43.6 Å². The number of halogens is 1. The van der Waals surface area contributed by atoms with Crippen molar-refractivity contribution in [3.63, 3.8) is 0 Å². The highest BCUT2D eigenvalue weighted by atomic mass is 79.9. The van der Waals surface area contributed by atoms with Gasteiger partial charge in [-0.3, -0.25) is 10.00 Å². The second-order valence-corrected chi connectivity index (χ2v) is 5.29. The van der Waals surface area contributed by atoms with Gasteiger partial charge in [-0.25, -0.2) is 4.79 Å². The number of carbonyl (C=O) groups excluding carboxylic acids is 1. The fourth-order valence-electron chi connectivity index (χ4n) is 1.17. The van der Waals surface area contributed by atoms with Gasteiger partial charge in [0.25, 0.3) is 0 Å². The molecule has 0 aromatic carbocycles.